The number of furan rings is 1. The molecule has 25 heavy (non-hydrogen) atoms. The summed E-state index contributed by atoms with van der Waals surface area (Å²) in [6, 6.07) is 8.98. The van der Waals surface area contributed by atoms with Crippen LogP contribution in [0.5, 0.6) is 0 Å². The molecule has 1 aromatic carbocycles. The first-order valence-corrected chi connectivity index (χ1v) is 8.89. The lowest BCUT2D eigenvalue weighted by molar-refractivity contribution is -0.115. The van der Waals surface area contributed by atoms with E-state index in [1.54, 1.807) is 18.4 Å². The molecule has 0 saturated heterocycles. The van der Waals surface area contributed by atoms with Gasteiger partial charge in [0.05, 0.1) is 27.8 Å². The number of rotatable bonds is 5. The van der Waals surface area contributed by atoms with Crippen molar-refractivity contribution in [2.45, 2.75) is 24.3 Å². The molecule has 1 N–H and O–H groups in total. The Morgan fingerprint density at radius 1 is 1.32 bits per heavy atom. The van der Waals surface area contributed by atoms with Gasteiger partial charge in [-0.1, -0.05) is 35.5 Å². The maximum absolute atomic E-state index is 12.4. The summed E-state index contributed by atoms with van der Waals surface area (Å²) in [6.07, 6.45) is 1.62. The molecule has 0 aliphatic heterocycles. The maximum Gasteiger partial charge on any atom is 0.237 e. The van der Waals surface area contributed by atoms with E-state index in [0.29, 0.717) is 21.7 Å². The highest BCUT2D eigenvalue weighted by atomic mass is 35.5. The van der Waals surface area contributed by atoms with Crippen molar-refractivity contribution in [2.75, 3.05) is 5.32 Å². The van der Waals surface area contributed by atoms with Crippen LogP contribution in [0.2, 0.25) is 5.02 Å². The minimum Gasteiger partial charge on any atom is -0.469 e. The van der Waals surface area contributed by atoms with Crippen molar-refractivity contribution < 1.29 is 9.21 Å². The second-order valence-corrected chi connectivity index (χ2v) is 7.20. The van der Waals surface area contributed by atoms with Gasteiger partial charge in [0.25, 0.3) is 0 Å². The Morgan fingerprint density at radius 2 is 2.08 bits per heavy atom. The van der Waals surface area contributed by atoms with Gasteiger partial charge in [-0.15, -0.1) is 10.2 Å². The van der Waals surface area contributed by atoms with Crippen molar-refractivity contribution in [2.24, 2.45) is 7.05 Å². The van der Waals surface area contributed by atoms with E-state index in [1.807, 2.05) is 43.7 Å². The molecule has 0 aliphatic rings. The van der Waals surface area contributed by atoms with Crippen molar-refractivity contribution in [1.29, 1.82) is 0 Å². The lowest BCUT2D eigenvalue weighted by Crippen LogP contribution is -2.23. The van der Waals surface area contributed by atoms with Crippen LogP contribution >= 0.6 is 23.4 Å². The predicted molar refractivity (Wildman–Crippen MR) is 98.8 cm³/mol. The number of aromatic nitrogens is 3. The predicted octanol–water partition coefficient (Wildman–Crippen LogP) is 4.16. The zero-order valence-electron chi connectivity index (χ0n) is 14.0. The summed E-state index contributed by atoms with van der Waals surface area (Å²) in [7, 11) is 1.86. The van der Waals surface area contributed by atoms with Gasteiger partial charge in [-0.2, -0.15) is 0 Å². The van der Waals surface area contributed by atoms with Gasteiger partial charge in [0, 0.05) is 7.05 Å². The third-order valence-corrected chi connectivity index (χ3v) is 5.18. The molecule has 0 spiro atoms. The number of nitrogens with zero attached hydrogens (tertiary/aromatic N) is 3. The molecule has 0 saturated carbocycles. The SMILES string of the molecule is Cc1occc1-c1nnc(SC(C)C(=O)Nc2ccccc2Cl)n1C. The average Bonchev–Trinajstić information content (AvgIpc) is 3.16. The van der Waals surface area contributed by atoms with Crippen LogP contribution in [0.15, 0.2) is 46.2 Å². The Morgan fingerprint density at radius 3 is 2.76 bits per heavy atom. The van der Waals surface area contributed by atoms with E-state index in [4.69, 9.17) is 16.0 Å². The van der Waals surface area contributed by atoms with E-state index >= 15 is 0 Å². The number of carbonyl (C=O) groups is 1. The molecule has 130 valence electrons. The summed E-state index contributed by atoms with van der Waals surface area (Å²) in [4.78, 5) is 12.4. The molecule has 0 radical (unpaired) electrons. The summed E-state index contributed by atoms with van der Waals surface area (Å²) in [5, 5.41) is 12.0. The molecule has 6 nitrogen and oxygen atoms in total. The van der Waals surface area contributed by atoms with Crippen molar-refractivity contribution >= 4 is 35.0 Å². The van der Waals surface area contributed by atoms with Crippen molar-refractivity contribution in [1.82, 2.24) is 14.8 Å². The molecular formula is C17H17ClN4O2S. The number of hydrogen-bond acceptors (Lipinski definition) is 5. The number of hydrogen-bond donors (Lipinski definition) is 1. The lowest BCUT2D eigenvalue weighted by Gasteiger charge is -2.12. The van der Waals surface area contributed by atoms with E-state index in [9.17, 15) is 4.79 Å². The van der Waals surface area contributed by atoms with Crippen LogP contribution in [0.3, 0.4) is 0 Å². The van der Waals surface area contributed by atoms with Gasteiger partial charge >= 0.3 is 0 Å². The number of amides is 1. The van der Waals surface area contributed by atoms with Crippen molar-refractivity contribution in [3.63, 3.8) is 0 Å². The van der Waals surface area contributed by atoms with E-state index in [0.717, 1.165) is 11.3 Å². The smallest absolute Gasteiger partial charge is 0.237 e. The van der Waals surface area contributed by atoms with Gasteiger partial charge in [0.2, 0.25) is 5.91 Å². The van der Waals surface area contributed by atoms with Crippen LogP contribution in [0.1, 0.15) is 12.7 Å². The van der Waals surface area contributed by atoms with Crippen molar-refractivity contribution in [3.8, 4) is 11.4 Å². The highest BCUT2D eigenvalue weighted by Crippen LogP contribution is 2.29. The summed E-state index contributed by atoms with van der Waals surface area (Å²) in [5.74, 6) is 1.33. The summed E-state index contributed by atoms with van der Waals surface area (Å²) in [5.41, 5.74) is 1.48. The Bertz CT molecular complexity index is 906. The standard InChI is InChI=1S/C17H17ClN4O2S/c1-10-12(8-9-24-10)15-20-21-17(22(15)3)25-11(2)16(23)19-14-7-5-4-6-13(14)18/h4-9,11H,1-3H3,(H,19,23). The monoisotopic (exact) mass is 376 g/mol. The molecule has 0 fully saturated rings. The Labute approximate surface area is 154 Å². The number of para-hydroxylation sites is 1. The fourth-order valence-electron chi connectivity index (χ4n) is 2.28. The number of carbonyl (C=O) groups excluding carboxylic acids is 1. The van der Waals surface area contributed by atoms with Crippen LogP contribution < -0.4 is 5.32 Å². The summed E-state index contributed by atoms with van der Waals surface area (Å²) < 4.78 is 7.16. The van der Waals surface area contributed by atoms with Gasteiger partial charge in [0.15, 0.2) is 11.0 Å². The number of nitrogens with one attached hydrogen (secondary N) is 1. The van der Waals surface area contributed by atoms with Crippen LogP contribution in [0.25, 0.3) is 11.4 Å². The van der Waals surface area contributed by atoms with E-state index in [-0.39, 0.29) is 11.2 Å². The number of benzene rings is 1. The number of thioether (sulfide) groups is 1. The summed E-state index contributed by atoms with van der Waals surface area (Å²) >= 11 is 7.41. The van der Waals surface area contributed by atoms with Crippen molar-refractivity contribution in [3.05, 3.63) is 47.4 Å². The number of anilines is 1. The number of halogens is 1. The van der Waals surface area contributed by atoms with Gasteiger partial charge in [-0.25, -0.2) is 0 Å². The maximum atomic E-state index is 12.4. The second-order valence-electron chi connectivity index (χ2n) is 5.48. The Hall–Kier alpha value is -2.25. The lowest BCUT2D eigenvalue weighted by atomic mass is 10.2. The zero-order valence-corrected chi connectivity index (χ0v) is 15.6. The quantitative estimate of drug-likeness (QED) is 0.677. The Kier molecular flexibility index (Phi) is 5.15. The topological polar surface area (TPSA) is 72.9 Å². The average molecular weight is 377 g/mol. The van der Waals surface area contributed by atoms with E-state index in [2.05, 4.69) is 15.5 Å². The van der Waals surface area contributed by atoms with Gasteiger partial charge in [0.1, 0.15) is 5.76 Å². The Balaban J connectivity index is 1.72. The van der Waals surface area contributed by atoms with E-state index < -0.39 is 0 Å². The second kappa shape index (κ2) is 7.33. The highest BCUT2D eigenvalue weighted by molar-refractivity contribution is 8.00. The molecule has 1 atom stereocenters. The first-order chi connectivity index (χ1) is 12.0. The largest absolute Gasteiger partial charge is 0.469 e. The van der Waals surface area contributed by atoms with Gasteiger partial charge in [-0.05, 0) is 32.0 Å². The molecule has 1 amide bonds. The summed E-state index contributed by atoms with van der Waals surface area (Å²) in [6.45, 7) is 3.69. The molecule has 3 aromatic rings. The molecule has 0 aliphatic carbocycles. The molecule has 2 aromatic heterocycles. The highest BCUT2D eigenvalue weighted by Gasteiger charge is 2.21. The number of aryl methyl sites for hydroxylation is 1. The minimum absolute atomic E-state index is 0.151. The van der Waals surface area contributed by atoms with Gasteiger partial charge in [-0.3, -0.25) is 4.79 Å². The normalized spacial score (nSPS) is 12.2. The van der Waals surface area contributed by atoms with Crippen LogP contribution in [-0.2, 0) is 11.8 Å². The molecule has 1 unspecified atom stereocenters. The van der Waals surface area contributed by atoms with Crippen LogP contribution in [0, 0.1) is 6.92 Å². The molecule has 8 heteroatoms. The fourth-order valence-corrected chi connectivity index (χ4v) is 3.28. The molecule has 0 bridgehead atoms. The van der Waals surface area contributed by atoms with Crippen LogP contribution in [-0.4, -0.2) is 25.9 Å². The van der Waals surface area contributed by atoms with E-state index in [1.165, 1.54) is 11.8 Å². The first-order valence-electron chi connectivity index (χ1n) is 7.63. The molecule has 3 rings (SSSR count). The third-order valence-electron chi connectivity index (χ3n) is 3.72. The molecule has 2 heterocycles. The van der Waals surface area contributed by atoms with Crippen LogP contribution in [0.4, 0.5) is 5.69 Å². The van der Waals surface area contributed by atoms with Gasteiger partial charge < -0.3 is 14.3 Å². The zero-order chi connectivity index (χ0) is 18.0. The molecular weight excluding hydrogens is 360 g/mol. The fraction of sp³-hybridized carbons (Fsp3) is 0.235. The first kappa shape index (κ1) is 17.6. The minimum atomic E-state index is -0.363. The third kappa shape index (κ3) is 3.72.